The Morgan fingerprint density at radius 2 is 1.92 bits per heavy atom. The van der Waals surface area contributed by atoms with Crippen LogP contribution in [0.1, 0.15) is 19.8 Å². The number of hydrogen-bond acceptors (Lipinski definition) is 4. The first-order chi connectivity index (χ1) is 12.5. The predicted octanol–water partition coefficient (Wildman–Crippen LogP) is 1.55. The minimum absolute atomic E-state index is 0.0562. The third kappa shape index (κ3) is 3.05. The van der Waals surface area contributed by atoms with E-state index >= 15 is 0 Å². The molecular formula is C21H26O4Se. The normalized spacial score (nSPS) is 42.1. The Hall–Kier alpha value is -1.13. The fraction of sp³-hybridized carbons (Fsp3) is 0.571. The van der Waals surface area contributed by atoms with Gasteiger partial charge in [0.15, 0.2) is 0 Å². The fourth-order valence-corrected chi connectivity index (χ4v) is 7.43. The summed E-state index contributed by atoms with van der Waals surface area (Å²) in [5.41, 5.74) is 1.00. The molecule has 4 rings (SSSR count). The molecule has 2 unspecified atom stereocenters. The van der Waals surface area contributed by atoms with Gasteiger partial charge in [-0.15, -0.1) is 0 Å². The summed E-state index contributed by atoms with van der Waals surface area (Å²) < 4.78 is 7.11. The Bertz CT molecular complexity index is 691. The zero-order valence-electron chi connectivity index (χ0n) is 15.0. The number of aliphatic hydroxyl groups excluding tert-OH is 2. The summed E-state index contributed by atoms with van der Waals surface area (Å²) in [7, 11) is 0. The van der Waals surface area contributed by atoms with Gasteiger partial charge in [-0.25, -0.2) is 0 Å². The monoisotopic (exact) mass is 422 g/mol. The molecule has 0 radical (unpaired) electrons. The summed E-state index contributed by atoms with van der Waals surface area (Å²) in [6.07, 6.45) is -0.107. The summed E-state index contributed by atoms with van der Waals surface area (Å²) in [6, 6.07) is 10.2. The molecule has 2 aliphatic carbocycles. The van der Waals surface area contributed by atoms with E-state index in [1.807, 2.05) is 25.1 Å². The van der Waals surface area contributed by atoms with E-state index in [0.717, 1.165) is 10.9 Å². The van der Waals surface area contributed by atoms with Crippen LogP contribution in [0, 0.1) is 29.6 Å². The van der Waals surface area contributed by atoms with Crippen LogP contribution in [-0.4, -0.2) is 49.5 Å². The number of aliphatic hydroxyl groups is 2. The average molecular weight is 421 g/mol. The van der Waals surface area contributed by atoms with E-state index in [2.05, 4.69) is 18.7 Å². The van der Waals surface area contributed by atoms with Crippen LogP contribution in [-0.2, 0) is 9.53 Å². The Morgan fingerprint density at radius 1 is 1.19 bits per heavy atom. The standard InChI is InChI=1S/C21H26O4Se/c1-11-8-17(23)19-15(10-26-13-6-4-3-5-7-13)21(24)25-20(19)18-12(2)16(22)9-14(11)18/h3-7,12,14-20,22-23H,1,8-10H2,2H3/t12-,14+,15?,16?,17+,18+,19-,20-/m1/s1. The minimum atomic E-state index is -0.592. The third-order valence-electron chi connectivity index (χ3n) is 6.57. The number of fused-ring (bicyclic) bond motifs is 3. The maximum absolute atomic E-state index is 12.7. The van der Waals surface area contributed by atoms with E-state index < -0.39 is 6.10 Å². The molecule has 1 aromatic carbocycles. The number of carbonyl (C=O) groups is 1. The summed E-state index contributed by atoms with van der Waals surface area (Å²) in [6.45, 7) is 6.23. The van der Waals surface area contributed by atoms with Crippen molar-refractivity contribution in [2.24, 2.45) is 29.6 Å². The van der Waals surface area contributed by atoms with Gasteiger partial charge in [0.2, 0.25) is 0 Å². The van der Waals surface area contributed by atoms with Gasteiger partial charge in [-0.05, 0) is 0 Å². The summed E-state index contributed by atoms with van der Waals surface area (Å²) in [4.78, 5) is 12.7. The first-order valence-electron chi connectivity index (χ1n) is 9.39. The second kappa shape index (κ2) is 7.12. The summed E-state index contributed by atoms with van der Waals surface area (Å²) in [5.74, 6) is -0.356. The Labute approximate surface area is 160 Å². The van der Waals surface area contributed by atoms with E-state index in [-0.39, 0.29) is 62.7 Å². The molecule has 0 aromatic heterocycles. The van der Waals surface area contributed by atoms with Crippen molar-refractivity contribution in [2.45, 2.75) is 43.4 Å². The van der Waals surface area contributed by atoms with Gasteiger partial charge in [0.25, 0.3) is 0 Å². The van der Waals surface area contributed by atoms with Gasteiger partial charge >= 0.3 is 161 Å². The number of ether oxygens (including phenoxy) is 1. The van der Waals surface area contributed by atoms with Crippen LogP contribution in [0.5, 0.6) is 0 Å². The molecule has 2 N–H and O–H groups in total. The molecular weight excluding hydrogens is 395 g/mol. The van der Waals surface area contributed by atoms with Crippen molar-refractivity contribution in [1.82, 2.24) is 0 Å². The topological polar surface area (TPSA) is 66.8 Å². The first-order valence-corrected chi connectivity index (χ1v) is 11.5. The third-order valence-corrected chi connectivity index (χ3v) is 8.94. The molecule has 26 heavy (non-hydrogen) atoms. The Morgan fingerprint density at radius 3 is 2.65 bits per heavy atom. The van der Waals surface area contributed by atoms with Gasteiger partial charge in [-0.1, -0.05) is 0 Å². The van der Waals surface area contributed by atoms with E-state index in [0.29, 0.717) is 12.8 Å². The van der Waals surface area contributed by atoms with Gasteiger partial charge < -0.3 is 0 Å². The zero-order valence-corrected chi connectivity index (χ0v) is 16.7. The molecule has 0 bridgehead atoms. The number of benzene rings is 1. The van der Waals surface area contributed by atoms with E-state index in [4.69, 9.17) is 4.74 Å². The van der Waals surface area contributed by atoms with Crippen molar-refractivity contribution < 1.29 is 19.7 Å². The molecule has 0 amide bonds. The second-order valence-electron chi connectivity index (χ2n) is 7.99. The van der Waals surface area contributed by atoms with Crippen molar-refractivity contribution in [3.63, 3.8) is 0 Å². The molecule has 1 saturated heterocycles. The summed E-state index contributed by atoms with van der Waals surface area (Å²) >= 11 is 0.170. The average Bonchev–Trinajstić information content (AvgIpc) is 3.07. The van der Waals surface area contributed by atoms with E-state index in [1.54, 1.807) is 0 Å². The summed E-state index contributed by atoms with van der Waals surface area (Å²) in [5, 5.41) is 22.0. The van der Waals surface area contributed by atoms with Crippen LogP contribution in [0.4, 0.5) is 0 Å². The van der Waals surface area contributed by atoms with Crippen LogP contribution in [0.3, 0.4) is 0 Å². The van der Waals surface area contributed by atoms with Crippen LogP contribution in [0.2, 0.25) is 5.32 Å². The SMILES string of the molecule is C=C1C[C@H](O)[C@H]2C(C[Se]c3ccccc3)C(=O)O[C@@H]2[C@H]2[C@H](C)C(O)C[C@@H]12. The second-order valence-corrected chi connectivity index (χ2v) is 10.3. The molecule has 3 aliphatic rings. The first kappa shape index (κ1) is 18.2. The van der Waals surface area contributed by atoms with Crippen LogP contribution < -0.4 is 4.46 Å². The molecule has 1 heterocycles. The maximum atomic E-state index is 12.7. The van der Waals surface area contributed by atoms with Crippen molar-refractivity contribution in [3.05, 3.63) is 42.5 Å². The molecule has 2 saturated carbocycles. The molecule has 1 aliphatic heterocycles. The molecule has 1 aromatic rings. The number of hydrogen-bond donors (Lipinski definition) is 2. The Balaban J connectivity index is 1.59. The quantitative estimate of drug-likeness (QED) is 0.442. The number of carbonyl (C=O) groups excluding carboxylic acids is 1. The van der Waals surface area contributed by atoms with Crippen molar-refractivity contribution >= 4 is 25.4 Å². The van der Waals surface area contributed by atoms with E-state index in [1.165, 1.54) is 4.46 Å². The molecule has 8 atom stereocenters. The van der Waals surface area contributed by atoms with Crippen molar-refractivity contribution in [2.75, 3.05) is 0 Å². The van der Waals surface area contributed by atoms with Crippen molar-refractivity contribution in [3.8, 4) is 0 Å². The zero-order chi connectivity index (χ0) is 18.4. The van der Waals surface area contributed by atoms with Gasteiger partial charge in [0.05, 0.1) is 0 Å². The van der Waals surface area contributed by atoms with Crippen LogP contribution >= 0.6 is 0 Å². The number of rotatable bonds is 3. The molecule has 4 nitrogen and oxygen atoms in total. The van der Waals surface area contributed by atoms with Gasteiger partial charge in [0, 0.05) is 0 Å². The van der Waals surface area contributed by atoms with Crippen molar-refractivity contribution in [1.29, 1.82) is 0 Å². The Kier molecular flexibility index (Phi) is 5.00. The van der Waals surface area contributed by atoms with Crippen LogP contribution in [0.15, 0.2) is 42.5 Å². The number of esters is 1. The molecule has 3 fully saturated rings. The molecule has 140 valence electrons. The fourth-order valence-electron chi connectivity index (χ4n) is 5.17. The van der Waals surface area contributed by atoms with Gasteiger partial charge in [-0.3, -0.25) is 0 Å². The molecule has 5 heteroatoms. The van der Waals surface area contributed by atoms with E-state index in [9.17, 15) is 15.0 Å². The van der Waals surface area contributed by atoms with Gasteiger partial charge in [0.1, 0.15) is 0 Å². The molecule has 0 spiro atoms. The van der Waals surface area contributed by atoms with Gasteiger partial charge in [-0.2, -0.15) is 0 Å². The predicted molar refractivity (Wildman–Crippen MR) is 100 cm³/mol. The van der Waals surface area contributed by atoms with Crippen LogP contribution in [0.25, 0.3) is 0 Å².